The third-order valence-corrected chi connectivity index (χ3v) is 1.77. The van der Waals surface area contributed by atoms with Crippen molar-refractivity contribution in [2.24, 2.45) is 0 Å². The second-order valence-corrected chi connectivity index (χ2v) is 2.74. The first kappa shape index (κ1) is 8.12. The van der Waals surface area contributed by atoms with Crippen LogP contribution in [0.1, 0.15) is 30.8 Å². The fourth-order valence-electron chi connectivity index (χ4n) is 1.29. The molecule has 1 aromatic heterocycles. The lowest BCUT2D eigenvalue weighted by atomic mass is 10.2. The van der Waals surface area contributed by atoms with E-state index in [0.717, 1.165) is 6.42 Å². The largest absolute Gasteiger partial charge is 0.362 e. The summed E-state index contributed by atoms with van der Waals surface area (Å²) in [7, 11) is 0. The lowest BCUT2D eigenvalue weighted by Crippen LogP contribution is -1.81. The van der Waals surface area contributed by atoms with Crippen LogP contribution in [0.5, 0.6) is 0 Å². The van der Waals surface area contributed by atoms with Gasteiger partial charge in [0, 0.05) is 11.4 Å². The average Bonchev–Trinajstić information content (AvgIpc) is 2.32. The topological polar surface area (TPSA) is 15.8 Å². The van der Waals surface area contributed by atoms with Gasteiger partial charge in [0.25, 0.3) is 0 Å². The van der Waals surface area contributed by atoms with Crippen molar-refractivity contribution in [3.8, 4) is 0 Å². The number of H-pyrrole nitrogens is 1. The van der Waals surface area contributed by atoms with Gasteiger partial charge in [0.05, 0.1) is 0 Å². The molecule has 1 rings (SSSR count). The Bertz CT molecular complexity index is 256. The van der Waals surface area contributed by atoms with E-state index in [-0.39, 0.29) is 0 Å². The first-order chi connectivity index (χ1) is 5.27. The molecule has 1 nitrogen and oxygen atoms in total. The van der Waals surface area contributed by atoms with Gasteiger partial charge in [0.2, 0.25) is 0 Å². The SMILES string of the molecule is C/C=C\c1cc(C)[nH]c1CC. The second-order valence-electron chi connectivity index (χ2n) is 2.74. The van der Waals surface area contributed by atoms with Crippen LogP contribution in [0.25, 0.3) is 6.08 Å². The minimum absolute atomic E-state index is 1.08. The fraction of sp³-hybridized carbons (Fsp3) is 0.400. The Morgan fingerprint density at radius 2 is 2.27 bits per heavy atom. The van der Waals surface area contributed by atoms with E-state index in [4.69, 9.17) is 0 Å². The first-order valence-electron chi connectivity index (χ1n) is 4.09. The Morgan fingerprint density at radius 1 is 1.55 bits per heavy atom. The summed E-state index contributed by atoms with van der Waals surface area (Å²) in [5.41, 5.74) is 3.91. The van der Waals surface area contributed by atoms with Crippen LogP contribution in [0.4, 0.5) is 0 Å². The van der Waals surface area contributed by atoms with E-state index in [1.165, 1.54) is 17.0 Å². The van der Waals surface area contributed by atoms with Gasteiger partial charge in [-0.05, 0) is 31.9 Å². The van der Waals surface area contributed by atoms with Crippen molar-refractivity contribution >= 4 is 6.08 Å². The Labute approximate surface area is 68.1 Å². The van der Waals surface area contributed by atoms with E-state index in [1.54, 1.807) is 0 Å². The molecule has 0 saturated carbocycles. The van der Waals surface area contributed by atoms with E-state index in [0.29, 0.717) is 0 Å². The predicted molar refractivity (Wildman–Crippen MR) is 49.6 cm³/mol. The Balaban J connectivity index is 3.01. The molecule has 0 atom stereocenters. The summed E-state index contributed by atoms with van der Waals surface area (Å²) < 4.78 is 0. The molecule has 0 aliphatic heterocycles. The summed E-state index contributed by atoms with van der Waals surface area (Å²) in [5, 5.41) is 0. The van der Waals surface area contributed by atoms with Gasteiger partial charge in [-0.3, -0.25) is 0 Å². The number of aromatic amines is 1. The highest BCUT2D eigenvalue weighted by Crippen LogP contribution is 2.12. The molecule has 0 spiro atoms. The highest BCUT2D eigenvalue weighted by Gasteiger charge is 1.98. The first-order valence-corrected chi connectivity index (χ1v) is 4.09. The van der Waals surface area contributed by atoms with Crippen LogP contribution in [0.2, 0.25) is 0 Å². The third-order valence-electron chi connectivity index (χ3n) is 1.77. The maximum atomic E-state index is 3.33. The Hall–Kier alpha value is -0.980. The predicted octanol–water partition coefficient (Wildman–Crippen LogP) is 2.92. The molecule has 0 unspecified atom stereocenters. The maximum absolute atomic E-state index is 3.33. The van der Waals surface area contributed by atoms with Crippen LogP contribution in [-0.4, -0.2) is 4.98 Å². The minimum Gasteiger partial charge on any atom is -0.362 e. The van der Waals surface area contributed by atoms with E-state index < -0.39 is 0 Å². The summed E-state index contributed by atoms with van der Waals surface area (Å²) in [6, 6.07) is 2.18. The van der Waals surface area contributed by atoms with Crippen molar-refractivity contribution in [3.63, 3.8) is 0 Å². The molecule has 1 heterocycles. The number of aromatic nitrogens is 1. The van der Waals surface area contributed by atoms with Crippen LogP contribution in [-0.2, 0) is 6.42 Å². The molecule has 0 amide bonds. The second kappa shape index (κ2) is 3.42. The van der Waals surface area contributed by atoms with Gasteiger partial charge in [-0.15, -0.1) is 0 Å². The lowest BCUT2D eigenvalue weighted by Gasteiger charge is -1.92. The van der Waals surface area contributed by atoms with Crippen LogP contribution < -0.4 is 0 Å². The zero-order valence-electron chi connectivity index (χ0n) is 7.44. The van der Waals surface area contributed by atoms with Crippen molar-refractivity contribution in [3.05, 3.63) is 29.1 Å². The number of hydrogen-bond acceptors (Lipinski definition) is 0. The molecule has 0 fully saturated rings. The molecule has 1 heteroatoms. The average molecular weight is 149 g/mol. The van der Waals surface area contributed by atoms with Crippen molar-refractivity contribution in [2.75, 3.05) is 0 Å². The quantitative estimate of drug-likeness (QED) is 0.665. The smallest absolute Gasteiger partial charge is 0.0219 e. The molecule has 0 aromatic carbocycles. The number of nitrogens with one attached hydrogen (secondary N) is 1. The Kier molecular flexibility index (Phi) is 2.53. The van der Waals surface area contributed by atoms with E-state index >= 15 is 0 Å². The zero-order valence-corrected chi connectivity index (χ0v) is 7.44. The highest BCUT2D eigenvalue weighted by molar-refractivity contribution is 5.53. The molecule has 1 aromatic rings. The summed E-state index contributed by atoms with van der Waals surface area (Å²) in [6.07, 6.45) is 5.29. The van der Waals surface area contributed by atoms with Crippen LogP contribution >= 0.6 is 0 Å². The monoisotopic (exact) mass is 149 g/mol. The van der Waals surface area contributed by atoms with Crippen molar-refractivity contribution in [1.82, 2.24) is 4.98 Å². The summed E-state index contributed by atoms with van der Waals surface area (Å²) in [5.74, 6) is 0. The van der Waals surface area contributed by atoms with Gasteiger partial charge in [0.1, 0.15) is 0 Å². The summed E-state index contributed by atoms with van der Waals surface area (Å²) >= 11 is 0. The molecule has 0 saturated heterocycles. The van der Waals surface area contributed by atoms with Crippen molar-refractivity contribution < 1.29 is 0 Å². The summed E-state index contributed by atoms with van der Waals surface area (Å²) in [6.45, 7) is 6.30. The van der Waals surface area contributed by atoms with E-state index in [1.807, 2.05) is 6.92 Å². The van der Waals surface area contributed by atoms with Gasteiger partial charge in [-0.2, -0.15) is 0 Å². The molecule has 0 aliphatic rings. The summed E-state index contributed by atoms with van der Waals surface area (Å²) in [4.78, 5) is 3.33. The highest BCUT2D eigenvalue weighted by atomic mass is 14.7. The minimum atomic E-state index is 1.08. The zero-order chi connectivity index (χ0) is 8.27. The maximum Gasteiger partial charge on any atom is 0.0219 e. The molecule has 0 radical (unpaired) electrons. The number of hydrogen-bond donors (Lipinski definition) is 1. The Morgan fingerprint density at radius 3 is 2.82 bits per heavy atom. The number of allylic oxidation sites excluding steroid dienone is 1. The van der Waals surface area contributed by atoms with Gasteiger partial charge >= 0.3 is 0 Å². The van der Waals surface area contributed by atoms with Crippen LogP contribution in [0, 0.1) is 6.92 Å². The normalized spacial score (nSPS) is 11.2. The van der Waals surface area contributed by atoms with Crippen LogP contribution in [0.15, 0.2) is 12.1 Å². The molecule has 0 bridgehead atoms. The van der Waals surface area contributed by atoms with Gasteiger partial charge in [-0.1, -0.05) is 19.1 Å². The van der Waals surface area contributed by atoms with Gasteiger partial charge in [0.15, 0.2) is 0 Å². The van der Waals surface area contributed by atoms with E-state index in [2.05, 4.69) is 37.0 Å². The van der Waals surface area contributed by atoms with Gasteiger partial charge in [-0.25, -0.2) is 0 Å². The van der Waals surface area contributed by atoms with Crippen LogP contribution in [0.3, 0.4) is 0 Å². The molecular formula is C10H15N. The van der Waals surface area contributed by atoms with Crippen molar-refractivity contribution in [2.45, 2.75) is 27.2 Å². The number of rotatable bonds is 2. The molecular weight excluding hydrogens is 134 g/mol. The van der Waals surface area contributed by atoms with E-state index in [9.17, 15) is 0 Å². The molecule has 1 N–H and O–H groups in total. The molecule has 11 heavy (non-hydrogen) atoms. The molecule has 60 valence electrons. The third kappa shape index (κ3) is 1.73. The fourth-order valence-corrected chi connectivity index (χ4v) is 1.29. The molecule has 0 aliphatic carbocycles. The van der Waals surface area contributed by atoms with Crippen molar-refractivity contribution in [1.29, 1.82) is 0 Å². The lowest BCUT2D eigenvalue weighted by molar-refractivity contribution is 1.04. The van der Waals surface area contributed by atoms with Gasteiger partial charge < -0.3 is 4.98 Å². The standard InChI is InChI=1S/C10H15N/c1-4-6-9-7-8(3)11-10(9)5-2/h4,6-7,11H,5H2,1-3H3/b6-4-. The number of aryl methyl sites for hydroxylation is 2.